The number of ether oxygens (including phenoxy) is 1. The van der Waals surface area contributed by atoms with Crippen molar-refractivity contribution in [3.63, 3.8) is 0 Å². The van der Waals surface area contributed by atoms with Crippen molar-refractivity contribution in [2.24, 2.45) is 0 Å². The van der Waals surface area contributed by atoms with Crippen LogP contribution in [0.1, 0.15) is 30.5 Å². The summed E-state index contributed by atoms with van der Waals surface area (Å²) in [7, 11) is 1.65. The Hall–Kier alpha value is -1.39. The highest BCUT2D eigenvalue weighted by Gasteiger charge is 2.18. The van der Waals surface area contributed by atoms with E-state index in [0.717, 1.165) is 29.8 Å². The first-order chi connectivity index (χ1) is 10.2. The molecular weight excluding hydrogens is 333 g/mol. The highest BCUT2D eigenvalue weighted by molar-refractivity contribution is 9.10. The molecule has 1 unspecified atom stereocenters. The van der Waals surface area contributed by atoms with Gasteiger partial charge in [-0.15, -0.1) is 0 Å². The van der Waals surface area contributed by atoms with Crippen molar-refractivity contribution in [2.45, 2.75) is 19.4 Å². The zero-order chi connectivity index (χ0) is 15.2. The maximum Gasteiger partial charge on any atom is 0.137 e. The minimum atomic E-state index is -0.259. The average Bonchev–Trinajstić information content (AvgIpc) is 2.51. The summed E-state index contributed by atoms with van der Waals surface area (Å²) in [6.07, 6.45) is 1.00. The summed E-state index contributed by atoms with van der Waals surface area (Å²) >= 11 is 3.20. The van der Waals surface area contributed by atoms with Gasteiger partial charge >= 0.3 is 0 Å². The second-order valence-corrected chi connectivity index (χ2v) is 5.66. The first-order valence-electron chi connectivity index (χ1n) is 6.98. The lowest BCUT2D eigenvalue weighted by atomic mass is 9.97. The van der Waals surface area contributed by atoms with E-state index in [2.05, 4.69) is 28.2 Å². The normalized spacial score (nSPS) is 12.2. The standard InChI is InChI=1S/C17H19BrFNO/c1-3-10-20-17(12-8-9-14(18)15(19)11-12)13-6-4-5-7-16(13)21-2/h4-9,11,17,20H,3,10H2,1-2H3. The molecule has 0 amide bonds. The Morgan fingerprint density at radius 1 is 1.24 bits per heavy atom. The van der Waals surface area contributed by atoms with Crippen molar-refractivity contribution in [2.75, 3.05) is 13.7 Å². The maximum absolute atomic E-state index is 13.9. The summed E-state index contributed by atoms with van der Waals surface area (Å²) < 4.78 is 19.8. The number of hydrogen-bond acceptors (Lipinski definition) is 2. The van der Waals surface area contributed by atoms with Crippen LogP contribution in [0.5, 0.6) is 5.75 Å². The topological polar surface area (TPSA) is 21.3 Å². The predicted molar refractivity (Wildman–Crippen MR) is 87.2 cm³/mol. The Morgan fingerprint density at radius 3 is 2.67 bits per heavy atom. The summed E-state index contributed by atoms with van der Waals surface area (Å²) in [6, 6.07) is 13.0. The van der Waals surface area contributed by atoms with E-state index >= 15 is 0 Å². The molecule has 0 aliphatic carbocycles. The van der Waals surface area contributed by atoms with Gasteiger partial charge in [0, 0.05) is 5.56 Å². The Bertz CT molecular complexity index is 603. The summed E-state index contributed by atoms with van der Waals surface area (Å²) in [5.41, 5.74) is 1.89. The number of rotatable bonds is 6. The quantitative estimate of drug-likeness (QED) is 0.815. The largest absolute Gasteiger partial charge is 0.496 e. The number of para-hydroxylation sites is 1. The van der Waals surface area contributed by atoms with Gasteiger partial charge in [-0.3, -0.25) is 0 Å². The number of halogens is 2. The van der Waals surface area contributed by atoms with Crippen LogP contribution in [0.2, 0.25) is 0 Å². The highest BCUT2D eigenvalue weighted by Crippen LogP contribution is 2.31. The van der Waals surface area contributed by atoms with E-state index in [0.29, 0.717) is 4.47 Å². The van der Waals surface area contributed by atoms with Gasteiger partial charge in [-0.2, -0.15) is 0 Å². The van der Waals surface area contributed by atoms with Gasteiger partial charge in [0.05, 0.1) is 17.6 Å². The third kappa shape index (κ3) is 3.83. The van der Waals surface area contributed by atoms with Crippen LogP contribution in [-0.4, -0.2) is 13.7 Å². The van der Waals surface area contributed by atoms with Crippen LogP contribution in [0, 0.1) is 5.82 Å². The molecule has 2 rings (SSSR count). The number of hydrogen-bond donors (Lipinski definition) is 1. The van der Waals surface area contributed by atoms with Crippen LogP contribution in [0.25, 0.3) is 0 Å². The maximum atomic E-state index is 13.9. The van der Waals surface area contributed by atoms with Gasteiger partial charge < -0.3 is 10.1 Å². The third-order valence-electron chi connectivity index (χ3n) is 3.33. The lowest BCUT2D eigenvalue weighted by Crippen LogP contribution is -2.23. The molecule has 2 nitrogen and oxygen atoms in total. The van der Waals surface area contributed by atoms with Gasteiger partial charge in [-0.25, -0.2) is 4.39 Å². The van der Waals surface area contributed by atoms with E-state index < -0.39 is 0 Å². The fourth-order valence-corrected chi connectivity index (χ4v) is 2.54. The molecule has 1 atom stereocenters. The van der Waals surface area contributed by atoms with Crippen molar-refractivity contribution in [3.8, 4) is 5.75 Å². The Labute approximate surface area is 133 Å². The molecule has 0 aromatic heterocycles. The van der Waals surface area contributed by atoms with Crippen LogP contribution in [0.3, 0.4) is 0 Å². The molecule has 0 heterocycles. The van der Waals surface area contributed by atoms with Crippen LogP contribution in [0.15, 0.2) is 46.9 Å². The van der Waals surface area contributed by atoms with Crippen molar-refractivity contribution in [3.05, 3.63) is 63.9 Å². The van der Waals surface area contributed by atoms with Crippen molar-refractivity contribution >= 4 is 15.9 Å². The monoisotopic (exact) mass is 351 g/mol. The van der Waals surface area contributed by atoms with Gasteiger partial charge in [0.2, 0.25) is 0 Å². The van der Waals surface area contributed by atoms with Crippen molar-refractivity contribution in [1.82, 2.24) is 5.32 Å². The Balaban J connectivity index is 2.44. The van der Waals surface area contributed by atoms with Crippen LogP contribution >= 0.6 is 15.9 Å². The molecule has 0 saturated carbocycles. The summed E-state index contributed by atoms with van der Waals surface area (Å²) in [5.74, 6) is 0.542. The first kappa shape index (κ1) is 16.0. The lowest BCUT2D eigenvalue weighted by Gasteiger charge is -2.22. The molecule has 0 saturated heterocycles. The number of methoxy groups -OCH3 is 1. The lowest BCUT2D eigenvalue weighted by molar-refractivity contribution is 0.403. The zero-order valence-electron chi connectivity index (χ0n) is 12.2. The summed E-state index contributed by atoms with van der Waals surface area (Å²) in [5, 5.41) is 3.46. The first-order valence-corrected chi connectivity index (χ1v) is 7.78. The van der Waals surface area contributed by atoms with Gasteiger partial charge in [-0.1, -0.05) is 31.2 Å². The highest BCUT2D eigenvalue weighted by atomic mass is 79.9. The third-order valence-corrected chi connectivity index (χ3v) is 3.97. The molecule has 0 fully saturated rings. The molecule has 0 aliphatic rings. The average molecular weight is 352 g/mol. The van der Waals surface area contributed by atoms with E-state index in [1.54, 1.807) is 19.2 Å². The van der Waals surface area contributed by atoms with E-state index in [1.807, 2.05) is 30.3 Å². The smallest absolute Gasteiger partial charge is 0.137 e. The molecule has 0 bridgehead atoms. The Kier molecular flexibility index (Phi) is 5.76. The van der Waals surface area contributed by atoms with Gasteiger partial charge in [0.15, 0.2) is 0 Å². The Morgan fingerprint density at radius 2 is 2.00 bits per heavy atom. The second-order valence-electron chi connectivity index (χ2n) is 4.80. The number of benzene rings is 2. The molecule has 4 heteroatoms. The van der Waals surface area contributed by atoms with Crippen LogP contribution in [0.4, 0.5) is 4.39 Å². The SMILES string of the molecule is CCCNC(c1ccc(Br)c(F)c1)c1ccccc1OC. The predicted octanol–water partition coefficient (Wildman–Crippen LogP) is 4.69. The molecule has 2 aromatic carbocycles. The molecule has 112 valence electrons. The van der Waals surface area contributed by atoms with Crippen molar-refractivity contribution < 1.29 is 9.13 Å². The second kappa shape index (κ2) is 7.57. The summed E-state index contributed by atoms with van der Waals surface area (Å²) in [6.45, 7) is 2.95. The zero-order valence-corrected chi connectivity index (χ0v) is 13.8. The summed E-state index contributed by atoms with van der Waals surface area (Å²) in [4.78, 5) is 0. The minimum absolute atomic E-state index is 0.0938. The van der Waals surface area contributed by atoms with E-state index in [1.165, 1.54) is 0 Å². The molecular formula is C17H19BrFNO. The molecule has 2 aromatic rings. The van der Waals surface area contributed by atoms with Crippen molar-refractivity contribution in [1.29, 1.82) is 0 Å². The van der Waals surface area contributed by atoms with E-state index in [4.69, 9.17) is 4.74 Å². The van der Waals surface area contributed by atoms with Gasteiger partial charge in [0.25, 0.3) is 0 Å². The van der Waals surface area contributed by atoms with Gasteiger partial charge in [0.1, 0.15) is 11.6 Å². The number of nitrogens with one attached hydrogen (secondary N) is 1. The van der Waals surface area contributed by atoms with E-state index in [9.17, 15) is 4.39 Å². The molecule has 0 radical (unpaired) electrons. The fraction of sp³-hybridized carbons (Fsp3) is 0.294. The van der Waals surface area contributed by atoms with Crippen LogP contribution < -0.4 is 10.1 Å². The minimum Gasteiger partial charge on any atom is -0.496 e. The molecule has 0 spiro atoms. The molecule has 1 N–H and O–H groups in total. The van der Waals surface area contributed by atoms with Gasteiger partial charge in [-0.05, 0) is 52.7 Å². The molecule has 0 aliphatic heterocycles. The fourth-order valence-electron chi connectivity index (χ4n) is 2.29. The van der Waals surface area contributed by atoms with Crippen LogP contribution in [-0.2, 0) is 0 Å². The van der Waals surface area contributed by atoms with E-state index in [-0.39, 0.29) is 11.9 Å². The molecule has 21 heavy (non-hydrogen) atoms.